The fraction of sp³-hybridized carbons (Fsp3) is 0.174. The molecule has 5 aromatic rings. The molecule has 0 unspecified atom stereocenters. The standard InChI is InChI=1S/C23H17F3N4OS2/c1-14-12-32-22-27-17(10-20(31)30(14)22)13-33-21-28-18-9-16(23(24,25)26)7-8-19(18)29(21)11-15-5-3-2-4-6-15/h2-10,12H,11,13H2,1H3. The lowest BCUT2D eigenvalue weighted by molar-refractivity contribution is -0.137. The summed E-state index contributed by atoms with van der Waals surface area (Å²) in [6.07, 6.45) is -4.44. The minimum Gasteiger partial charge on any atom is -0.314 e. The highest BCUT2D eigenvalue weighted by Gasteiger charge is 2.31. The van der Waals surface area contributed by atoms with E-state index in [-0.39, 0.29) is 11.1 Å². The summed E-state index contributed by atoms with van der Waals surface area (Å²) in [6.45, 7) is 2.31. The van der Waals surface area contributed by atoms with Gasteiger partial charge in [-0.15, -0.1) is 11.3 Å². The maximum atomic E-state index is 13.2. The lowest BCUT2D eigenvalue weighted by Gasteiger charge is -2.10. The number of hydrogen-bond acceptors (Lipinski definition) is 5. The Kier molecular flexibility index (Phi) is 5.49. The molecule has 0 saturated heterocycles. The second-order valence-corrected chi connectivity index (χ2v) is 9.32. The number of thiazole rings is 1. The van der Waals surface area contributed by atoms with Gasteiger partial charge in [-0.05, 0) is 30.7 Å². The zero-order chi connectivity index (χ0) is 23.2. The van der Waals surface area contributed by atoms with Crippen molar-refractivity contribution in [3.63, 3.8) is 0 Å². The highest BCUT2D eigenvalue weighted by Crippen LogP contribution is 2.33. The molecular formula is C23H17F3N4OS2. The molecule has 2 aromatic carbocycles. The fourth-order valence-electron chi connectivity index (χ4n) is 3.63. The van der Waals surface area contributed by atoms with Crippen LogP contribution in [0.1, 0.15) is 22.5 Å². The van der Waals surface area contributed by atoms with Gasteiger partial charge >= 0.3 is 6.18 Å². The number of imidazole rings is 1. The van der Waals surface area contributed by atoms with Crippen molar-refractivity contribution in [1.29, 1.82) is 0 Å². The normalized spacial score (nSPS) is 12.1. The minimum absolute atomic E-state index is 0.151. The lowest BCUT2D eigenvalue weighted by atomic mass is 10.2. The smallest absolute Gasteiger partial charge is 0.314 e. The van der Waals surface area contributed by atoms with E-state index in [4.69, 9.17) is 0 Å². The first kappa shape index (κ1) is 21.7. The fourth-order valence-corrected chi connectivity index (χ4v) is 5.42. The van der Waals surface area contributed by atoms with Crippen LogP contribution in [0.5, 0.6) is 0 Å². The summed E-state index contributed by atoms with van der Waals surface area (Å²) in [7, 11) is 0. The molecule has 168 valence electrons. The van der Waals surface area contributed by atoms with E-state index in [0.29, 0.717) is 33.6 Å². The molecule has 0 aliphatic heterocycles. The summed E-state index contributed by atoms with van der Waals surface area (Å²) in [5.74, 6) is 0.368. The molecular weight excluding hydrogens is 469 g/mol. The molecule has 0 spiro atoms. The molecule has 0 bridgehead atoms. The van der Waals surface area contributed by atoms with Gasteiger partial charge in [-0.2, -0.15) is 13.2 Å². The number of fused-ring (bicyclic) bond motifs is 2. The zero-order valence-electron chi connectivity index (χ0n) is 17.3. The van der Waals surface area contributed by atoms with E-state index in [1.54, 1.807) is 4.40 Å². The average molecular weight is 487 g/mol. The first-order valence-corrected chi connectivity index (χ1v) is 11.9. The zero-order valence-corrected chi connectivity index (χ0v) is 19.0. The van der Waals surface area contributed by atoms with Crippen LogP contribution < -0.4 is 5.56 Å². The highest BCUT2D eigenvalue weighted by atomic mass is 32.2. The number of benzene rings is 2. The summed E-state index contributed by atoms with van der Waals surface area (Å²) < 4.78 is 43.1. The molecule has 0 amide bonds. The third-order valence-corrected chi connectivity index (χ3v) is 7.16. The van der Waals surface area contributed by atoms with Crippen LogP contribution in [0.15, 0.2) is 69.9 Å². The van der Waals surface area contributed by atoms with Crippen molar-refractivity contribution < 1.29 is 13.2 Å². The first-order valence-electron chi connectivity index (χ1n) is 10.0. The number of nitrogens with zero attached hydrogens (tertiary/aromatic N) is 4. The molecule has 0 fully saturated rings. The molecule has 10 heteroatoms. The van der Waals surface area contributed by atoms with Crippen molar-refractivity contribution >= 4 is 39.1 Å². The van der Waals surface area contributed by atoms with Gasteiger partial charge < -0.3 is 4.57 Å². The van der Waals surface area contributed by atoms with Gasteiger partial charge in [-0.3, -0.25) is 9.20 Å². The van der Waals surface area contributed by atoms with Crippen molar-refractivity contribution in [2.45, 2.75) is 30.6 Å². The summed E-state index contributed by atoms with van der Waals surface area (Å²) in [5.41, 5.74) is 2.45. The first-order chi connectivity index (χ1) is 15.8. The van der Waals surface area contributed by atoms with Gasteiger partial charge in [0.15, 0.2) is 10.1 Å². The van der Waals surface area contributed by atoms with Crippen LogP contribution in [0.2, 0.25) is 0 Å². The second-order valence-electron chi connectivity index (χ2n) is 7.54. The topological polar surface area (TPSA) is 52.2 Å². The van der Waals surface area contributed by atoms with E-state index in [0.717, 1.165) is 23.4 Å². The number of halogens is 3. The Labute approximate surface area is 194 Å². The van der Waals surface area contributed by atoms with Crippen LogP contribution in [-0.2, 0) is 18.5 Å². The van der Waals surface area contributed by atoms with E-state index in [9.17, 15) is 18.0 Å². The molecule has 0 atom stereocenters. The maximum absolute atomic E-state index is 13.2. The Balaban J connectivity index is 1.53. The molecule has 0 radical (unpaired) electrons. The minimum atomic E-state index is -4.44. The molecule has 33 heavy (non-hydrogen) atoms. The highest BCUT2D eigenvalue weighted by molar-refractivity contribution is 7.98. The van der Waals surface area contributed by atoms with Crippen molar-refractivity contribution in [1.82, 2.24) is 18.9 Å². The summed E-state index contributed by atoms with van der Waals surface area (Å²) >= 11 is 2.74. The van der Waals surface area contributed by atoms with E-state index in [2.05, 4.69) is 9.97 Å². The lowest BCUT2D eigenvalue weighted by Crippen LogP contribution is -2.14. The van der Waals surface area contributed by atoms with E-state index in [1.807, 2.05) is 47.2 Å². The van der Waals surface area contributed by atoms with Crippen molar-refractivity contribution in [2.75, 3.05) is 0 Å². The molecule has 5 nitrogen and oxygen atoms in total. The molecule has 0 aliphatic rings. The number of aryl methyl sites for hydroxylation is 1. The van der Waals surface area contributed by atoms with E-state index >= 15 is 0 Å². The predicted octanol–water partition coefficient (Wildman–Crippen LogP) is 5.77. The van der Waals surface area contributed by atoms with Crippen molar-refractivity contribution in [2.24, 2.45) is 0 Å². The van der Waals surface area contributed by atoms with Gasteiger partial charge in [0.25, 0.3) is 5.56 Å². The van der Waals surface area contributed by atoms with Crippen LogP contribution in [0.4, 0.5) is 13.2 Å². The second kappa shape index (κ2) is 8.35. The largest absolute Gasteiger partial charge is 0.416 e. The molecule has 0 aliphatic carbocycles. The molecule has 3 heterocycles. The molecule has 0 N–H and O–H groups in total. The van der Waals surface area contributed by atoms with Crippen LogP contribution >= 0.6 is 23.1 Å². The van der Waals surface area contributed by atoms with Crippen LogP contribution in [0.3, 0.4) is 0 Å². The van der Waals surface area contributed by atoms with Gasteiger partial charge in [0.2, 0.25) is 0 Å². The van der Waals surface area contributed by atoms with Crippen LogP contribution in [0, 0.1) is 6.92 Å². The van der Waals surface area contributed by atoms with Gasteiger partial charge in [0, 0.05) is 22.9 Å². The predicted molar refractivity (Wildman–Crippen MR) is 124 cm³/mol. The third-order valence-electron chi connectivity index (χ3n) is 5.20. The van der Waals surface area contributed by atoms with E-state index in [1.165, 1.54) is 35.2 Å². The van der Waals surface area contributed by atoms with Crippen LogP contribution in [-0.4, -0.2) is 18.9 Å². The van der Waals surface area contributed by atoms with Crippen LogP contribution in [0.25, 0.3) is 16.0 Å². The Morgan fingerprint density at radius 3 is 2.61 bits per heavy atom. The van der Waals surface area contributed by atoms with Gasteiger partial charge in [-0.25, -0.2) is 9.97 Å². The Hall–Kier alpha value is -3.11. The van der Waals surface area contributed by atoms with E-state index < -0.39 is 11.7 Å². The molecule has 3 aromatic heterocycles. The number of thioether (sulfide) groups is 1. The quantitative estimate of drug-likeness (QED) is 0.296. The number of alkyl halides is 3. The summed E-state index contributed by atoms with van der Waals surface area (Å²) in [5, 5.41) is 2.44. The number of aromatic nitrogens is 4. The van der Waals surface area contributed by atoms with Gasteiger partial charge in [0.1, 0.15) is 0 Å². The molecule has 5 rings (SSSR count). The van der Waals surface area contributed by atoms with Crippen molar-refractivity contribution in [3.05, 3.63) is 92.8 Å². The Morgan fingerprint density at radius 2 is 1.85 bits per heavy atom. The number of rotatable bonds is 5. The Bertz CT molecular complexity index is 1520. The maximum Gasteiger partial charge on any atom is 0.416 e. The van der Waals surface area contributed by atoms with Crippen molar-refractivity contribution in [3.8, 4) is 0 Å². The monoisotopic (exact) mass is 486 g/mol. The SMILES string of the molecule is Cc1csc2nc(CSc3nc4cc(C(F)(F)F)ccc4n3Cc3ccccc3)cc(=O)n12. The molecule has 0 saturated carbocycles. The average Bonchev–Trinajstić information content (AvgIpc) is 3.32. The Morgan fingerprint density at radius 1 is 1.06 bits per heavy atom. The van der Waals surface area contributed by atoms with Gasteiger partial charge in [-0.1, -0.05) is 42.1 Å². The van der Waals surface area contributed by atoms with Gasteiger partial charge in [0.05, 0.1) is 28.8 Å². The summed E-state index contributed by atoms with van der Waals surface area (Å²) in [4.78, 5) is 22.1. The number of hydrogen-bond donors (Lipinski definition) is 0. The third kappa shape index (κ3) is 4.28. The summed E-state index contributed by atoms with van der Waals surface area (Å²) in [6, 6.07) is 14.8.